The average Bonchev–Trinajstić information content (AvgIpc) is 2.97. The summed E-state index contributed by atoms with van der Waals surface area (Å²) in [6, 6.07) is 12.0. The zero-order valence-electron chi connectivity index (χ0n) is 12.9. The standard InChI is InChI=1S/C16H16N6S/c1-11(2)16-20-19-15-8-7-13(10-22(15)16)23-14-6-4-3-5-12(14)9-18-21-17/h3-8,10-11H,9H2,1-2H3. The minimum absolute atomic E-state index is 0.308. The predicted molar refractivity (Wildman–Crippen MR) is 90.5 cm³/mol. The van der Waals surface area contributed by atoms with E-state index in [0.717, 1.165) is 26.8 Å². The summed E-state index contributed by atoms with van der Waals surface area (Å²) in [5.74, 6) is 1.26. The van der Waals surface area contributed by atoms with Gasteiger partial charge in [0, 0.05) is 26.8 Å². The molecule has 2 heterocycles. The zero-order valence-corrected chi connectivity index (χ0v) is 13.7. The van der Waals surface area contributed by atoms with Gasteiger partial charge in [0.25, 0.3) is 0 Å². The minimum atomic E-state index is 0.308. The Morgan fingerprint density at radius 1 is 1.22 bits per heavy atom. The van der Waals surface area contributed by atoms with E-state index in [1.807, 2.05) is 40.8 Å². The molecule has 0 N–H and O–H groups in total. The Hall–Kier alpha value is -2.50. The first-order valence-corrected chi connectivity index (χ1v) is 8.12. The smallest absolute Gasteiger partial charge is 0.160 e. The van der Waals surface area contributed by atoms with Gasteiger partial charge in [-0.25, -0.2) is 0 Å². The van der Waals surface area contributed by atoms with Gasteiger partial charge in [-0.2, -0.15) is 0 Å². The molecule has 0 unspecified atom stereocenters. The Labute approximate surface area is 138 Å². The first kappa shape index (κ1) is 15.4. The molecule has 116 valence electrons. The van der Waals surface area contributed by atoms with E-state index in [2.05, 4.69) is 40.3 Å². The number of rotatable bonds is 5. The van der Waals surface area contributed by atoms with Crippen LogP contribution in [0.25, 0.3) is 16.1 Å². The van der Waals surface area contributed by atoms with Crippen LogP contribution in [0, 0.1) is 0 Å². The summed E-state index contributed by atoms with van der Waals surface area (Å²) in [6.45, 7) is 4.56. The van der Waals surface area contributed by atoms with E-state index in [1.54, 1.807) is 11.8 Å². The highest BCUT2D eigenvalue weighted by Gasteiger charge is 2.10. The van der Waals surface area contributed by atoms with E-state index in [9.17, 15) is 0 Å². The first-order chi connectivity index (χ1) is 11.2. The van der Waals surface area contributed by atoms with Gasteiger partial charge in [-0.15, -0.1) is 10.2 Å². The Morgan fingerprint density at radius 3 is 2.83 bits per heavy atom. The summed E-state index contributed by atoms with van der Waals surface area (Å²) in [5, 5.41) is 12.1. The van der Waals surface area contributed by atoms with Crippen molar-refractivity contribution in [1.82, 2.24) is 14.6 Å². The van der Waals surface area contributed by atoms with Crippen molar-refractivity contribution in [2.75, 3.05) is 0 Å². The van der Waals surface area contributed by atoms with Gasteiger partial charge in [0.05, 0.1) is 6.54 Å². The second kappa shape index (κ2) is 6.73. The lowest BCUT2D eigenvalue weighted by Crippen LogP contribution is -1.97. The summed E-state index contributed by atoms with van der Waals surface area (Å²) in [4.78, 5) is 5.01. The van der Waals surface area contributed by atoms with E-state index in [4.69, 9.17) is 5.53 Å². The van der Waals surface area contributed by atoms with Crippen LogP contribution < -0.4 is 0 Å². The Morgan fingerprint density at radius 2 is 2.04 bits per heavy atom. The number of nitrogens with zero attached hydrogens (tertiary/aromatic N) is 6. The molecule has 0 radical (unpaired) electrons. The molecule has 0 atom stereocenters. The fraction of sp³-hybridized carbons (Fsp3) is 0.250. The van der Waals surface area contributed by atoms with Gasteiger partial charge in [-0.1, -0.05) is 48.9 Å². The van der Waals surface area contributed by atoms with Crippen LogP contribution in [0.4, 0.5) is 0 Å². The second-order valence-corrected chi connectivity index (χ2v) is 6.52. The van der Waals surface area contributed by atoms with Gasteiger partial charge in [-0.3, -0.25) is 4.40 Å². The van der Waals surface area contributed by atoms with E-state index >= 15 is 0 Å². The average molecular weight is 324 g/mol. The molecule has 7 heteroatoms. The highest BCUT2D eigenvalue weighted by molar-refractivity contribution is 7.99. The van der Waals surface area contributed by atoms with Gasteiger partial charge in [-0.05, 0) is 29.3 Å². The molecule has 0 bridgehead atoms. The Balaban J connectivity index is 1.95. The molecule has 0 aliphatic rings. The molecule has 3 aromatic rings. The molecule has 23 heavy (non-hydrogen) atoms. The van der Waals surface area contributed by atoms with Crippen molar-refractivity contribution in [2.45, 2.75) is 36.1 Å². The lowest BCUT2D eigenvalue weighted by atomic mass is 10.2. The van der Waals surface area contributed by atoms with Gasteiger partial charge < -0.3 is 0 Å². The highest BCUT2D eigenvalue weighted by Crippen LogP contribution is 2.31. The second-order valence-electron chi connectivity index (χ2n) is 5.40. The number of azide groups is 1. The van der Waals surface area contributed by atoms with E-state index in [-0.39, 0.29) is 0 Å². The molecule has 0 spiro atoms. The molecule has 1 aromatic carbocycles. The normalized spacial score (nSPS) is 10.9. The number of aromatic nitrogens is 3. The molecule has 0 amide bonds. The molecular formula is C16H16N6S. The SMILES string of the molecule is CC(C)c1nnc2ccc(Sc3ccccc3CN=[N+]=[N-])cn12. The maximum absolute atomic E-state index is 8.52. The van der Waals surface area contributed by atoms with Gasteiger partial charge in [0.2, 0.25) is 0 Å². The summed E-state index contributed by atoms with van der Waals surface area (Å²) in [7, 11) is 0. The van der Waals surface area contributed by atoms with Crippen molar-refractivity contribution < 1.29 is 0 Å². The van der Waals surface area contributed by atoms with Crippen molar-refractivity contribution >= 4 is 17.4 Å². The quantitative estimate of drug-likeness (QED) is 0.383. The maximum atomic E-state index is 8.52. The van der Waals surface area contributed by atoms with Gasteiger partial charge in [0.15, 0.2) is 5.65 Å². The van der Waals surface area contributed by atoms with E-state index in [1.165, 1.54) is 0 Å². The molecule has 3 rings (SSSR count). The zero-order chi connectivity index (χ0) is 16.2. The number of benzene rings is 1. The van der Waals surface area contributed by atoms with Gasteiger partial charge >= 0.3 is 0 Å². The topological polar surface area (TPSA) is 79.0 Å². The van der Waals surface area contributed by atoms with Crippen LogP contribution in [-0.2, 0) is 6.54 Å². The highest BCUT2D eigenvalue weighted by atomic mass is 32.2. The Kier molecular flexibility index (Phi) is 4.50. The fourth-order valence-electron chi connectivity index (χ4n) is 2.31. The van der Waals surface area contributed by atoms with Crippen LogP contribution in [0.3, 0.4) is 0 Å². The summed E-state index contributed by atoms with van der Waals surface area (Å²) in [6.07, 6.45) is 2.06. The van der Waals surface area contributed by atoms with Crippen molar-refractivity contribution in [3.05, 3.63) is 64.4 Å². The molecule has 0 aliphatic carbocycles. The summed E-state index contributed by atoms with van der Waals surface area (Å²) < 4.78 is 2.03. The van der Waals surface area contributed by atoms with Gasteiger partial charge in [0.1, 0.15) is 5.82 Å². The number of pyridine rings is 1. The van der Waals surface area contributed by atoms with E-state index in [0.29, 0.717) is 12.5 Å². The summed E-state index contributed by atoms with van der Waals surface area (Å²) >= 11 is 1.64. The number of hydrogen-bond donors (Lipinski definition) is 0. The maximum Gasteiger partial charge on any atom is 0.160 e. The van der Waals surface area contributed by atoms with Crippen LogP contribution in [0.1, 0.15) is 31.2 Å². The lowest BCUT2D eigenvalue weighted by molar-refractivity contribution is 0.756. The molecule has 0 saturated heterocycles. The molecule has 0 fully saturated rings. The third-order valence-corrected chi connectivity index (χ3v) is 4.52. The van der Waals surface area contributed by atoms with Crippen molar-refractivity contribution in [3.8, 4) is 0 Å². The number of fused-ring (bicyclic) bond motifs is 1. The van der Waals surface area contributed by atoms with Crippen molar-refractivity contribution in [2.24, 2.45) is 5.11 Å². The predicted octanol–water partition coefficient (Wildman–Crippen LogP) is 4.81. The van der Waals surface area contributed by atoms with Crippen LogP contribution in [-0.4, -0.2) is 14.6 Å². The first-order valence-electron chi connectivity index (χ1n) is 7.30. The third-order valence-electron chi connectivity index (χ3n) is 3.42. The van der Waals surface area contributed by atoms with Crippen LogP contribution in [0.5, 0.6) is 0 Å². The fourth-order valence-corrected chi connectivity index (χ4v) is 3.27. The molecule has 6 nitrogen and oxygen atoms in total. The minimum Gasteiger partial charge on any atom is -0.285 e. The van der Waals surface area contributed by atoms with Crippen molar-refractivity contribution in [1.29, 1.82) is 0 Å². The van der Waals surface area contributed by atoms with E-state index < -0.39 is 0 Å². The Bertz CT molecular complexity index is 879. The number of hydrogen-bond acceptors (Lipinski definition) is 4. The monoisotopic (exact) mass is 324 g/mol. The molecule has 0 aliphatic heterocycles. The molecule has 2 aromatic heterocycles. The summed E-state index contributed by atoms with van der Waals surface area (Å²) in [5.41, 5.74) is 10.4. The van der Waals surface area contributed by atoms with Crippen molar-refractivity contribution in [3.63, 3.8) is 0 Å². The third kappa shape index (κ3) is 3.31. The molecule has 0 saturated carbocycles. The largest absolute Gasteiger partial charge is 0.285 e. The van der Waals surface area contributed by atoms with Crippen LogP contribution >= 0.6 is 11.8 Å². The van der Waals surface area contributed by atoms with Crippen LogP contribution in [0.15, 0.2) is 57.5 Å². The lowest BCUT2D eigenvalue weighted by Gasteiger charge is -2.08. The van der Waals surface area contributed by atoms with Crippen LogP contribution in [0.2, 0.25) is 0 Å². The molecular weight excluding hydrogens is 308 g/mol.